The molecule has 4 nitrogen and oxygen atoms in total. The molecular formula is C13H22N2O2. The second-order valence-corrected chi connectivity index (χ2v) is 4.91. The maximum absolute atomic E-state index is 12.2. The highest BCUT2D eigenvalue weighted by atomic mass is 16.3. The van der Waals surface area contributed by atoms with Crippen LogP contribution in [-0.4, -0.2) is 22.9 Å². The number of nitrogens with zero attached hydrogens (tertiary/aromatic N) is 1. The molecular weight excluding hydrogens is 216 g/mol. The Hall–Kier alpha value is -1.29. The van der Waals surface area contributed by atoms with E-state index in [0.717, 1.165) is 5.76 Å². The third-order valence-corrected chi connectivity index (χ3v) is 2.82. The average molecular weight is 238 g/mol. The summed E-state index contributed by atoms with van der Waals surface area (Å²) in [5.74, 6) is 0.898. The molecule has 17 heavy (non-hydrogen) atoms. The Morgan fingerprint density at radius 3 is 2.47 bits per heavy atom. The maximum Gasteiger partial charge on any atom is 0.240 e. The molecule has 1 amide bonds. The summed E-state index contributed by atoms with van der Waals surface area (Å²) in [4.78, 5) is 14.0. The van der Waals surface area contributed by atoms with Crippen molar-refractivity contribution in [3.8, 4) is 0 Å². The molecule has 0 aliphatic carbocycles. The van der Waals surface area contributed by atoms with Gasteiger partial charge in [0.25, 0.3) is 0 Å². The first-order valence-corrected chi connectivity index (χ1v) is 6.02. The minimum absolute atomic E-state index is 0.0219. The number of hydrogen-bond acceptors (Lipinski definition) is 3. The van der Waals surface area contributed by atoms with Gasteiger partial charge in [-0.1, -0.05) is 13.8 Å². The smallest absolute Gasteiger partial charge is 0.240 e. The molecule has 0 unspecified atom stereocenters. The number of hydrogen-bond donors (Lipinski definition) is 1. The largest absolute Gasteiger partial charge is 0.467 e. The van der Waals surface area contributed by atoms with Crippen LogP contribution in [0.1, 0.15) is 33.5 Å². The number of rotatable bonds is 5. The highest BCUT2D eigenvalue weighted by Crippen LogP contribution is 2.12. The second kappa shape index (κ2) is 5.87. The predicted octanol–water partition coefficient (Wildman–Crippen LogP) is 2.00. The Labute approximate surface area is 103 Å². The molecule has 0 spiro atoms. The zero-order chi connectivity index (χ0) is 13.0. The lowest BCUT2D eigenvalue weighted by molar-refractivity contribution is -0.136. The van der Waals surface area contributed by atoms with Gasteiger partial charge in [-0.25, -0.2) is 0 Å². The summed E-state index contributed by atoms with van der Waals surface area (Å²) in [6.45, 7) is 8.34. The number of amides is 1. The Bertz CT molecular complexity index is 344. The van der Waals surface area contributed by atoms with E-state index in [1.165, 1.54) is 0 Å². The first kappa shape index (κ1) is 13.8. The third-order valence-electron chi connectivity index (χ3n) is 2.82. The van der Waals surface area contributed by atoms with E-state index in [1.54, 1.807) is 11.2 Å². The van der Waals surface area contributed by atoms with E-state index in [0.29, 0.717) is 6.54 Å². The highest BCUT2D eigenvalue weighted by molar-refractivity contribution is 5.82. The Morgan fingerprint density at radius 1 is 1.41 bits per heavy atom. The van der Waals surface area contributed by atoms with E-state index in [2.05, 4.69) is 0 Å². The topological polar surface area (TPSA) is 59.5 Å². The summed E-state index contributed by atoms with van der Waals surface area (Å²) in [7, 11) is 0. The molecule has 0 saturated heterocycles. The summed E-state index contributed by atoms with van der Waals surface area (Å²) >= 11 is 0. The molecule has 96 valence electrons. The van der Waals surface area contributed by atoms with E-state index in [9.17, 15) is 4.79 Å². The quantitative estimate of drug-likeness (QED) is 0.853. The minimum Gasteiger partial charge on any atom is -0.467 e. The lowest BCUT2D eigenvalue weighted by Crippen LogP contribution is -2.48. The van der Waals surface area contributed by atoms with Gasteiger partial charge in [0.05, 0.1) is 18.8 Å². The van der Waals surface area contributed by atoms with Crippen LogP contribution in [-0.2, 0) is 11.3 Å². The van der Waals surface area contributed by atoms with Crippen LogP contribution in [0, 0.1) is 5.92 Å². The van der Waals surface area contributed by atoms with Crippen LogP contribution in [0.15, 0.2) is 22.8 Å². The molecule has 1 heterocycles. The summed E-state index contributed by atoms with van der Waals surface area (Å²) < 4.78 is 5.27. The van der Waals surface area contributed by atoms with Gasteiger partial charge in [0.15, 0.2) is 0 Å². The van der Waals surface area contributed by atoms with Crippen molar-refractivity contribution < 1.29 is 9.21 Å². The molecule has 4 heteroatoms. The first-order chi connectivity index (χ1) is 7.93. The van der Waals surface area contributed by atoms with Gasteiger partial charge >= 0.3 is 0 Å². The van der Waals surface area contributed by atoms with E-state index >= 15 is 0 Å². The van der Waals surface area contributed by atoms with Gasteiger partial charge in [-0.05, 0) is 31.9 Å². The molecule has 0 fully saturated rings. The van der Waals surface area contributed by atoms with Gasteiger partial charge in [0, 0.05) is 6.04 Å². The number of furan rings is 1. The number of carbonyl (C=O) groups excluding carboxylic acids is 1. The van der Waals surface area contributed by atoms with Crippen LogP contribution in [0.2, 0.25) is 0 Å². The molecule has 1 aromatic rings. The maximum atomic E-state index is 12.2. The van der Waals surface area contributed by atoms with Gasteiger partial charge in [-0.3, -0.25) is 4.79 Å². The molecule has 1 aromatic heterocycles. The number of carbonyl (C=O) groups is 1. The van der Waals surface area contributed by atoms with Gasteiger partial charge in [-0.2, -0.15) is 0 Å². The van der Waals surface area contributed by atoms with E-state index < -0.39 is 6.04 Å². The molecule has 0 saturated carbocycles. The van der Waals surface area contributed by atoms with E-state index in [1.807, 2.05) is 39.8 Å². The second-order valence-electron chi connectivity index (χ2n) is 4.91. The molecule has 1 rings (SSSR count). The normalized spacial score (nSPS) is 13.1. The van der Waals surface area contributed by atoms with Gasteiger partial charge in [0.2, 0.25) is 5.91 Å². The van der Waals surface area contributed by atoms with Crippen LogP contribution in [0.25, 0.3) is 0 Å². The standard InChI is InChI=1S/C13H22N2O2/c1-9(2)12(14)13(16)15(10(3)4)8-11-6-5-7-17-11/h5-7,9-10,12H,8,14H2,1-4H3/t12-/m0/s1. The zero-order valence-electron chi connectivity index (χ0n) is 11.0. The van der Waals surface area contributed by atoms with Crippen LogP contribution in [0.3, 0.4) is 0 Å². The third kappa shape index (κ3) is 3.60. The van der Waals surface area contributed by atoms with Crippen molar-refractivity contribution in [3.63, 3.8) is 0 Å². The fraction of sp³-hybridized carbons (Fsp3) is 0.615. The predicted molar refractivity (Wildman–Crippen MR) is 67.2 cm³/mol. The molecule has 0 aliphatic heterocycles. The van der Waals surface area contributed by atoms with Crippen molar-refractivity contribution in [3.05, 3.63) is 24.2 Å². The van der Waals surface area contributed by atoms with Gasteiger partial charge < -0.3 is 15.1 Å². The van der Waals surface area contributed by atoms with Crippen LogP contribution >= 0.6 is 0 Å². The van der Waals surface area contributed by atoms with E-state index in [4.69, 9.17) is 10.2 Å². The monoisotopic (exact) mass is 238 g/mol. The van der Waals surface area contributed by atoms with Crippen molar-refractivity contribution in [1.82, 2.24) is 4.90 Å². The molecule has 0 aliphatic rings. The van der Waals surface area contributed by atoms with Crippen molar-refractivity contribution in [1.29, 1.82) is 0 Å². The average Bonchev–Trinajstić information content (AvgIpc) is 2.76. The lowest BCUT2D eigenvalue weighted by Gasteiger charge is -2.29. The Morgan fingerprint density at radius 2 is 2.06 bits per heavy atom. The first-order valence-electron chi connectivity index (χ1n) is 6.02. The van der Waals surface area contributed by atoms with Gasteiger partial charge in [-0.15, -0.1) is 0 Å². The van der Waals surface area contributed by atoms with Crippen molar-refractivity contribution in [2.24, 2.45) is 11.7 Å². The van der Waals surface area contributed by atoms with Gasteiger partial charge in [0.1, 0.15) is 5.76 Å². The summed E-state index contributed by atoms with van der Waals surface area (Å²) in [5.41, 5.74) is 5.91. The Kier molecular flexibility index (Phi) is 4.75. The zero-order valence-corrected chi connectivity index (χ0v) is 11.0. The van der Waals surface area contributed by atoms with Crippen molar-refractivity contribution >= 4 is 5.91 Å². The van der Waals surface area contributed by atoms with E-state index in [-0.39, 0.29) is 17.9 Å². The summed E-state index contributed by atoms with van der Waals surface area (Å²) in [5, 5.41) is 0. The summed E-state index contributed by atoms with van der Waals surface area (Å²) in [6, 6.07) is 3.34. The fourth-order valence-corrected chi connectivity index (χ4v) is 1.56. The lowest BCUT2D eigenvalue weighted by atomic mass is 10.0. The van der Waals surface area contributed by atoms with Crippen LogP contribution < -0.4 is 5.73 Å². The molecule has 2 N–H and O–H groups in total. The van der Waals surface area contributed by atoms with Crippen molar-refractivity contribution in [2.75, 3.05) is 0 Å². The molecule has 0 bridgehead atoms. The Balaban J connectivity index is 2.76. The SMILES string of the molecule is CC(C)[C@H](N)C(=O)N(Cc1ccco1)C(C)C. The highest BCUT2D eigenvalue weighted by Gasteiger charge is 2.26. The van der Waals surface area contributed by atoms with Crippen molar-refractivity contribution in [2.45, 2.75) is 46.3 Å². The molecule has 0 radical (unpaired) electrons. The van der Waals surface area contributed by atoms with Crippen LogP contribution in [0.5, 0.6) is 0 Å². The van der Waals surface area contributed by atoms with Crippen LogP contribution in [0.4, 0.5) is 0 Å². The molecule has 1 atom stereocenters. The number of nitrogens with two attached hydrogens (primary N) is 1. The minimum atomic E-state index is -0.452. The summed E-state index contributed by atoms with van der Waals surface area (Å²) in [6.07, 6.45) is 1.61. The molecule has 0 aromatic carbocycles. The fourth-order valence-electron chi connectivity index (χ4n) is 1.56.